The molecule has 0 radical (unpaired) electrons. The summed E-state index contributed by atoms with van der Waals surface area (Å²) in [6.07, 6.45) is 17.0. The van der Waals surface area contributed by atoms with Gasteiger partial charge in [-0.15, -0.1) is 6.58 Å². The molecule has 1 saturated heterocycles. The summed E-state index contributed by atoms with van der Waals surface area (Å²) in [7, 11) is 2.19. The first-order valence-corrected chi connectivity index (χ1v) is 12.9. The van der Waals surface area contributed by atoms with E-state index in [1.165, 1.54) is 64.3 Å². The molecule has 1 saturated carbocycles. The Balaban J connectivity index is 0.000000489. The average Bonchev–Trinajstić information content (AvgIpc) is 2.86. The maximum absolute atomic E-state index is 4.94. The van der Waals surface area contributed by atoms with E-state index in [9.17, 15) is 0 Å². The summed E-state index contributed by atoms with van der Waals surface area (Å²) >= 11 is 0. The van der Waals surface area contributed by atoms with Gasteiger partial charge in [-0.05, 0) is 58.3 Å². The van der Waals surface area contributed by atoms with Crippen molar-refractivity contribution in [1.29, 1.82) is 0 Å². The SMILES string of the molecule is C=CC.CCCC.CN1CCCC(c2nc(NC3CCCCC3)cc(-c3cccnc3)n2)C1. The normalized spacial score (nSPS) is 18.8. The van der Waals surface area contributed by atoms with Crippen LogP contribution in [0, 0.1) is 0 Å². The zero-order chi connectivity index (χ0) is 23.9. The molecule has 1 unspecified atom stereocenters. The molecule has 0 spiro atoms. The number of likely N-dealkylation sites (N-methyl/N-ethyl adjacent to an activating group) is 1. The molecule has 2 fully saturated rings. The molecule has 3 heterocycles. The molecule has 2 aromatic heterocycles. The van der Waals surface area contributed by atoms with Crippen LogP contribution in [-0.2, 0) is 0 Å². The van der Waals surface area contributed by atoms with E-state index in [0.717, 1.165) is 29.4 Å². The van der Waals surface area contributed by atoms with E-state index >= 15 is 0 Å². The number of nitrogens with zero attached hydrogens (tertiary/aromatic N) is 4. The van der Waals surface area contributed by atoms with Gasteiger partial charge in [0.25, 0.3) is 0 Å². The minimum absolute atomic E-state index is 0.414. The molecule has 1 atom stereocenters. The van der Waals surface area contributed by atoms with Crippen LogP contribution in [0.3, 0.4) is 0 Å². The molecule has 1 aliphatic heterocycles. The Morgan fingerprint density at radius 2 is 1.82 bits per heavy atom. The number of likely N-dealkylation sites (tertiary alicyclic amines) is 1. The fourth-order valence-corrected chi connectivity index (χ4v) is 4.22. The number of anilines is 1. The van der Waals surface area contributed by atoms with Crippen LogP contribution in [0.15, 0.2) is 43.2 Å². The van der Waals surface area contributed by atoms with Crippen LogP contribution >= 0.6 is 0 Å². The van der Waals surface area contributed by atoms with Gasteiger partial charge in [0.2, 0.25) is 0 Å². The third-order valence-corrected chi connectivity index (χ3v) is 6.15. The predicted octanol–water partition coefficient (Wildman–Crippen LogP) is 7.09. The first-order valence-electron chi connectivity index (χ1n) is 12.9. The van der Waals surface area contributed by atoms with Gasteiger partial charge < -0.3 is 10.2 Å². The van der Waals surface area contributed by atoms with Gasteiger partial charge in [0.1, 0.15) is 11.6 Å². The quantitative estimate of drug-likeness (QED) is 0.492. The van der Waals surface area contributed by atoms with E-state index < -0.39 is 0 Å². The number of rotatable bonds is 5. The molecule has 5 nitrogen and oxygen atoms in total. The second-order valence-corrected chi connectivity index (χ2v) is 9.23. The molecule has 0 aromatic carbocycles. The molecule has 4 rings (SSSR count). The highest BCUT2D eigenvalue weighted by Gasteiger charge is 2.23. The van der Waals surface area contributed by atoms with E-state index in [4.69, 9.17) is 9.97 Å². The monoisotopic (exact) mass is 451 g/mol. The summed E-state index contributed by atoms with van der Waals surface area (Å²) in [5, 5.41) is 3.70. The lowest BCUT2D eigenvalue weighted by Gasteiger charge is -2.29. The predicted molar refractivity (Wildman–Crippen MR) is 142 cm³/mol. The number of piperidine rings is 1. The molecule has 0 amide bonds. The van der Waals surface area contributed by atoms with Crippen LogP contribution in [0.4, 0.5) is 5.82 Å². The van der Waals surface area contributed by atoms with Gasteiger partial charge >= 0.3 is 0 Å². The van der Waals surface area contributed by atoms with E-state index in [2.05, 4.69) is 54.8 Å². The average molecular weight is 452 g/mol. The lowest BCUT2D eigenvalue weighted by molar-refractivity contribution is 0.246. The molecule has 0 bridgehead atoms. The van der Waals surface area contributed by atoms with Crippen LogP contribution in [0.1, 0.15) is 90.3 Å². The van der Waals surface area contributed by atoms with Gasteiger partial charge in [-0.25, -0.2) is 9.97 Å². The molecule has 2 aromatic rings. The molecule has 5 heteroatoms. The first-order chi connectivity index (χ1) is 16.1. The highest BCUT2D eigenvalue weighted by Crippen LogP contribution is 2.29. The van der Waals surface area contributed by atoms with Crippen LogP contribution in [0.25, 0.3) is 11.3 Å². The number of unbranched alkanes of at least 4 members (excludes halogenated alkanes) is 1. The zero-order valence-electron chi connectivity index (χ0n) is 21.4. The van der Waals surface area contributed by atoms with Crippen molar-refractivity contribution in [3.05, 3.63) is 49.1 Å². The maximum Gasteiger partial charge on any atom is 0.135 e. The van der Waals surface area contributed by atoms with Crippen LogP contribution < -0.4 is 5.32 Å². The summed E-state index contributed by atoms with van der Waals surface area (Å²) in [5.74, 6) is 2.38. The molecular weight excluding hydrogens is 406 g/mol. The smallest absolute Gasteiger partial charge is 0.135 e. The summed E-state index contributed by atoms with van der Waals surface area (Å²) in [4.78, 5) is 16.5. The lowest BCUT2D eigenvalue weighted by atomic mass is 9.95. The van der Waals surface area contributed by atoms with Crippen LogP contribution in [0.5, 0.6) is 0 Å². The number of hydrogen-bond acceptors (Lipinski definition) is 5. The zero-order valence-corrected chi connectivity index (χ0v) is 21.4. The van der Waals surface area contributed by atoms with Crippen molar-refractivity contribution in [3.63, 3.8) is 0 Å². The summed E-state index contributed by atoms with van der Waals surface area (Å²) in [5.41, 5.74) is 2.04. The first kappa shape index (κ1) is 27.0. The fourth-order valence-electron chi connectivity index (χ4n) is 4.22. The Morgan fingerprint density at radius 1 is 1.09 bits per heavy atom. The minimum Gasteiger partial charge on any atom is -0.367 e. The molecule has 2 aliphatic rings. The fraction of sp³-hybridized carbons (Fsp3) is 0.607. The second-order valence-electron chi connectivity index (χ2n) is 9.23. The number of allylic oxidation sites excluding steroid dienone is 1. The third kappa shape index (κ3) is 9.63. The molecule has 33 heavy (non-hydrogen) atoms. The van der Waals surface area contributed by atoms with E-state index in [0.29, 0.717) is 12.0 Å². The van der Waals surface area contributed by atoms with Gasteiger partial charge in [-0.3, -0.25) is 4.98 Å². The van der Waals surface area contributed by atoms with E-state index in [1.54, 1.807) is 6.08 Å². The van der Waals surface area contributed by atoms with Gasteiger partial charge in [-0.2, -0.15) is 0 Å². The number of hydrogen-bond donors (Lipinski definition) is 1. The van der Waals surface area contributed by atoms with E-state index in [1.807, 2.05) is 25.4 Å². The van der Waals surface area contributed by atoms with Crippen molar-refractivity contribution in [2.24, 2.45) is 0 Å². The Bertz CT molecular complexity index is 784. The van der Waals surface area contributed by atoms with E-state index in [-0.39, 0.29) is 0 Å². The van der Waals surface area contributed by atoms with Gasteiger partial charge in [0.15, 0.2) is 0 Å². The van der Waals surface area contributed by atoms with Crippen LogP contribution in [-0.4, -0.2) is 46.0 Å². The van der Waals surface area contributed by atoms with Gasteiger partial charge in [0, 0.05) is 42.5 Å². The Morgan fingerprint density at radius 3 is 2.42 bits per heavy atom. The summed E-state index contributed by atoms with van der Waals surface area (Å²) in [6.45, 7) is 11.8. The Kier molecular flexibility index (Phi) is 12.7. The number of aromatic nitrogens is 3. The second kappa shape index (κ2) is 15.5. The van der Waals surface area contributed by atoms with Crippen molar-refractivity contribution in [2.45, 2.75) is 90.5 Å². The minimum atomic E-state index is 0.414. The maximum atomic E-state index is 4.94. The molecule has 1 N–H and O–H groups in total. The summed E-state index contributed by atoms with van der Waals surface area (Å²) in [6, 6.07) is 6.69. The molecule has 182 valence electrons. The van der Waals surface area contributed by atoms with Gasteiger partial charge in [-0.1, -0.05) is 52.0 Å². The Hall–Kier alpha value is -2.27. The highest BCUT2D eigenvalue weighted by molar-refractivity contribution is 5.61. The van der Waals surface area contributed by atoms with Crippen molar-refractivity contribution >= 4 is 5.82 Å². The standard InChI is InChI=1S/C21H29N5.C4H10.C3H6/c1-26-12-6-8-17(15-26)21-24-19(16-7-5-11-22-14-16)13-20(25-21)23-18-9-3-2-4-10-18;1-3-4-2;1-3-2/h5,7,11,13-14,17-18H,2-4,6,8-10,12,15H2,1H3,(H,23,24,25);3-4H2,1-2H3;3H,1H2,2H3. The Labute approximate surface area is 202 Å². The highest BCUT2D eigenvalue weighted by atomic mass is 15.1. The van der Waals surface area contributed by atoms with Crippen LogP contribution in [0.2, 0.25) is 0 Å². The van der Waals surface area contributed by atoms with Crippen molar-refractivity contribution in [2.75, 3.05) is 25.5 Å². The molecule has 1 aliphatic carbocycles. The van der Waals surface area contributed by atoms with Crippen molar-refractivity contribution in [1.82, 2.24) is 19.9 Å². The number of pyridine rings is 1. The lowest BCUT2D eigenvalue weighted by Crippen LogP contribution is -2.32. The van der Waals surface area contributed by atoms with Gasteiger partial charge in [0.05, 0.1) is 5.69 Å². The topological polar surface area (TPSA) is 53.9 Å². The third-order valence-electron chi connectivity index (χ3n) is 6.15. The summed E-state index contributed by atoms with van der Waals surface area (Å²) < 4.78 is 0. The van der Waals surface area contributed by atoms with Crippen molar-refractivity contribution < 1.29 is 0 Å². The largest absolute Gasteiger partial charge is 0.367 e. The van der Waals surface area contributed by atoms with Crippen molar-refractivity contribution in [3.8, 4) is 11.3 Å². The number of nitrogens with one attached hydrogen (secondary N) is 1. The molecular formula is C28H45N5.